The quantitative estimate of drug-likeness (QED) is 0.558. The first-order valence-electron chi connectivity index (χ1n) is 10.2. The number of carbonyl (C=O) groups is 1. The number of hydrogen-bond donors (Lipinski definition) is 2. The molecule has 0 saturated carbocycles. The van der Waals surface area contributed by atoms with Gasteiger partial charge in [0.25, 0.3) is 5.91 Å². The molecule has 12 heteroatoms. The van der Waals surface area contributed by atoms with Gasteiger partial charge >= 0.3 is 0 Å². The summed E-state index contributed by atoms with van der Waals surface area (Å²) in [5.41, 5.74) is 4.73. The molecule has 180 valence electrons. The zero-order chi connectivity index (χ0) is 25.1. The van der Waals surface area contributed by atoms with Crippen LogP contribution in [0.5, 0.6) is 0 Å². The fraction of sp³-hybridized carbons (Fsp3) is 0.318. The van der Waals surface area contributed by atoms with Crippen LogP contribution in [0.2, 0.25) is 5.02 Å². The van der Waals surface area contributed by atoms with Gasteiger partial charge in [-0.1, -0.05) is 11.6 Å². The summed E-state index contributed by atoms with van der Waals surface area (Å²) >= 11 is 6.01. The Bertz CT molecular complexity index is 1470. The Balaban J connectivity index is 1.74. The lowest BCUT2D eigenvalue weighted by Gasteiger charge is -2.38. The standard InChI is InChI=1S/C22H22ClF2N5O3S/c1-12-18(28-17-7-4-13(23)9-30(12)17)19(31)27-14-5-6-16(25)15(8-14)22(10-24)11-34(32,33)21(2,3)20(26)29-22/h4-9H,10-11H2,1-3H3,(H2,26,29)(H,27,31)/t22-/m0/s1. The topological polar surface area (TPSA) is 119 Å². The fourth-order valence-electron chi connectivity index (χ4n) is 3.83. The maximum Gasteiger partial charge on any atom is 0.276 e. The van der Waals surface area contributed by atoms with E-state index in [1.54, 1.807) is 29.7 Å². The number of sulfone groups is 1. The van der Waals surface area contributed by atoms with Crippen LogP contribution in [0.25, 0.3) is 5.65 Å². The molecular formula is C22H22ClF2N5O3S. The molecule has 0 spiro atoms. The minimum atomic E-state index is -3.97. The zero-order valence-corrected chi connectivity index (χ0v) is 20.1. The molecule has 0 radical (unpaired) electrons. The van der Waals surface area contributed by atoms with Crippen LogP contribution in [0.1, 0.15) is 35.6 Å². The number of amidine groups is 1. The zero-order valence-electron chi connectivity index (χ0n) is 18.6. The largest absolute Gasteiger partial charge is 0.386 e. The van der Waals surface area contributed by atoms with E-state index in [1.165, 1.54) is 26.0 Å². The van der Waals surface area contributed by atoms with E-state index in [2.05, 4.69) is 15.3 Å². The molecule has 3 heterocycles. The summed E-state index contributed by atoms with van der Waals surface area (Å²) in [7, 11) is -3.97. The number of benzene rings is 1. The van der Waals surface area contributed by atoms with Gasteiger partial charge < -0.3 is 15.5 Å². The van der Waals surface area contributed by atoms with Crippen molar-refractivity contribution in [1.82, 2.24) is 9.38 Å². The Hall–Kier alpha value is -3.05. The average Bonchev–Trinajstić information content (AvgIpc) is 3.09. The maximum absolute atomic E-state index is 14.8. The van der Waals surface area contributed by atoms with E-state index in [1.807, 2.05) is 0 Å². The second-order valence-electron chi connectivity index (χ2n) is 8.70. The van der Waals surface area contributed by atoms with Crippen LogP contribution < -0.4 is 11.1 Å². The number of nitrogens with one attached hydrogen (secondary N) is 1. The summed E-state index contributed by atoms with van der Waals surface area (Å²) in [6.45, 7) is 3.11. The van der Waals surface area contributed by atoms with Gasteiger partial charge in [-0.05, 0) is 51.1 Å². The highest BCUT2D eigenvalue weighted by atomic mass is 35.5. The van der Waals surface area contributed by atoms with Gasteiger partial charge in [-0.3, -0.25) is 9.79 Å². The van der Waals surface area contributed by atoms with Gasteiger partial charge in [0.1, 0.15) is 40.0 Å². The molecule has 1 aromatic carbocycles. The third kappa shape index (κ3) is 3.72. The Morgan fingerprint density at radius 3 is 2.65 bits per heavy atom. The van der Waals surface area contributed by atoms with Crippen molar-refractivity contribution in [3.63, 3.8) is 0 Å². The maximum atomic E-state index is 14.8. The number of hydrogen-bond acceptors (Lipinski definition) is 6. The van der Waals surface area contributed by atoms with Crippen LogP contribution in [0.3, 0.4) is 0 Å². The first-order chi connectivity index (χ1) is 15.8. The molecular weight excluding hydrogens is 488 g/mol. The van der Waals surface area contributed by atoms with Crippen LogP contribution in [0, 0.1) is 12.7 Å². The van der Waals surface area contributed by atoms with Gasteiger partial charge in [-0.2, -0.15) is 0 Å². The molecule has 1 aliphatic rings. The predicted molar refractivity (Wildman–Crippen MR) is 126 cm³/mol. The van der Waals surface area contributed by atoms with E-state index in [9.17, 15) is 22.0 Å². The molecule has 2 aromatic heterocycles. The molecule has 34 heavy (non-hydrogen) atoms. The van der Waals surface area contributed by atoms with E-state index in [0.717, 1.165) is 6.07 Å². The minimum Gasteiger partial charge on any atom is -0.386 e. The molecule has 0 saturated heterocycles. The predicted octanol–water partition coefficient (Wildman–Crippen LogP) is 3.42. The molecule has 1 amide bonds. The van der Waals surface area contributed by atoms with Crippen molar-refractivity contribution in [2.75, 3.05) is 17.7 Å². The number of rotatable bonds is 4. The summed E-state index contributed by atoms with van der Waals surface area (Å²) in [4.78, 5) is 21.3. The van der Waals surface area contributed by atoms with E-state index in [-0.39, 0.29) is 22.8 Å². The van der Waals surface area contributed by atoms with Crippen molar-refractivity contribution in [1.29, 1.82) is 0 Å². The molecule has 8 nitrogen and oxygen atoms in total. The lowest BCUT2D eigenvalue weighted by Crippen LogP contribution is -2.56. The van der Waals surface area contributed by atoms with Crippen molar-refractivity contribution in [3.8, 4) is 0 Å². The SMILES string of the molecule is Cc1c(C(=O)Nc2ccc(F)c([C@]3(CF)CS(=O)(=O)C(C)(C)C(N)=N3)c2)nc2ccc(Cl)cn12. The van der Waals surface area contributed by atoms with Gasteiger partial charge in [0.15, 0.2) is 9.84 Å². The van der Waals surface area contributed by atoms with Crippen molar-refractivity contribution in [2.24, 2.45) is 10.7 Å². The van der Waals surface area contributed by atoms with Crippen LogP contribution >= 0.6 is 11.6 Å². The Kier molecular flexibility index (Phi) is 5.68. The van der Waals surface area contributed by atoms with Crippen molar-refractivity contribution < 1.29 is 22.0 Å². The molecule has 0 aliphatic carbocycles. The molecule has 0 unspecified atom stereocenters. The molecule has 0 fully saturated rings. The highest BCUT2D eigenvalue weighted by molar-refractivity contribution is 7.93. The summed E-state index contributed by atoms with van der Waals surface area (Å²) in [6, 6.07) is 6.75. The van der Waals surface area contributed by atoms with Gasteiger partial charge in [0.05, 0.1) is 16.5 Å². The average molecular weight is 510 g/mol. The van der Waals surface area contributed by atoms with Crippen LogP contribution in [-0.4, -0.2) is 46.7 Å². The van der Waals surface area contributed by atoms with E-state index in [4.69, 9.17) is 17.3 Å². The van der Waals surface area contributed by atoms with Crippen molar-refractivity contribution in [3.05, 3.63) is 64.3 Å². The van der Waals surface area contributed by atoms with E-state index >= 15 is 0 Å². The van der Waals surface area contributed by atoms with Crippen molar-refractivity contribution in [2.45, 2.75) is 31.1 Å². The number of aryl methyl sites for hydroxylation is 1. The second kappa shape index (κ2) is 8.02. The smallest absolute Gasteiger partial charge is 0.276 e. The molecule has 4 rings (SSSR count). The summed E-state index contributed by atoms with van der Waals surface area (Å²) < 4.78 is 55.0. The number of anilines is 1. The highest BCUT2D eigenvalue weighted by Crippen LogP contribution is 2.39. The van der Waals surface area contributed by atoms with Crippen molar-refractivity contribution >= 4 is 44.5 Å². The number of aliphatic imine (C=N–C) groups is 1. The number of amides is 1. The summed E-state index contributed by atoms with van der Waals surface area (Å²) in [5, 5.41) is 3.07. The third-order valence-corrected chi connectivity index (χ3v) is 8.99. The molecule has 3 N–H and O–H groups in total. The Morgan fingerprint density at radius 2 is 2.00 bits per heavy atom. The number of nitrogens with zero attached hydrogens (tertiary/aromatic N) is 3. The number of halogens is 3. The Morgan fingerprint density at radius 1 is 1.29 bits per heavy atom. The van der Waals surface area contributed by atoms with Gasteiger partial charge in [0.2, 0.25) is 0 Å². The van der Waals surface area contributed by atoms with Gasteiger partial charge in [-0.25, -0.2) is 22.2 Å². The number of imidazole rings is 1. The lowest BCUT2D eigenvalue weighted by atomic mass is 9.92. The third-order valence-electron chi connectivity index (χ3n) is 6.14. The number of carbonyl (C=O) groups excluding carboxylic acids is 1. The van der Waals surface area contributed by atoms with Crippen LogP contribution in [0.4, 0.5) is 14.5 Å². The molecule has 1 atom stereocenters. The first-order valence-corrected chi connectivity index (χ1v) is 12.2. The molecule has 1 aliphatic heterocycles. The van der Waals surface area contributed by atoms with Gasteiger partial charge in [-0.15, -0.1) is 0 Å². The number of fused-ring (bicyclic) bond motifs is 1. The monoisotopic (exact) mass is 509 g/mol. The number of alkyl halides is 1. The fourth-order valence-corrected chi connectivity index (χ4v) is 5.64. The molecule has 0 bridgehead atoms. The normalized spacial score (nSPS) is 21.3. The molecule has 3 aromatic rings. The van der Waals surface area contributed by atoms with Crippen LogP contribution in [0.15, 0.2) is 41.5 Å². The number of aromatic nitrogens is 2. The van der Waals surface area contributed by atoms with E-state index in [0.29, 0.717) is 16.4 Å². The number of pyridine rings is 1. The summed E-state index contributed by atoms with van der Waals surface area (Å²) in [5.74, 6) is -2.56. The minimum absolute atomic E-state index is 0.109. The highest BCUT2D eigenvalue weighted by Gasteiger charge is 2.52. The first kappa shape index (κ1) is 24.1. The second-order valence-corrected chi connectivity index (χ2v) is 11.7. The Labute approximate surface area is 199 Å². The number of nitrogens with two attached hydrogens (primary N) is 1. The summed E-state index contributed by atoms with van der Waals surface area (Å²) in [6.07, 6.45) is 1.62. The van der Waals surface area contributed by atoms with E-state index < -0.39 is 44.3 Å². The van der Waals surface area contributed by atoms with Gasteiger partial charge in [0, 0.05) is 17.4 Å². The van der Waals surface area contributed by atoms with Crippen LogP contribution in [-0.2, 0) is 15.4 Å². The lowest BCUT2D eigenvalue weighted by molar-refractivity contribution is 0.102.